The molecule has 0 aliphatic carbocycles. The molecule has 1 fully saturated rings. The summed E-state index contributed by atoms with van der Waals surface area (Å²) in [6, 6.07) is 5.41. The lowest BCUT2D eigenvalue weighted by Crippen LogP contribution is -2.53. The lowest BCUT2D eigenvalue weighted by molar-refractivity contribution is -0.142. The van der Waals surface area contributed by atoms with Crippen LogP contribution < -0.4 is 15.0 Å². The lowest BCUT2D eigenvalue weighted by Gasteiger charge is -2.35. The summed E-state index contributed by atoms with van der Waals surface area (Å²) in [6.07, 6.45) is -0.173. The Kier molecular flexibility index (Phi) is 4.81. The van der Waals surface area contributed by atoms with E-state index in [1.165, 1.54) is 0 Å². The first-order valence-corrected chi connectivity index (χ1v) is 8.14. The molecule has 1 N–H and O–H groups in total. The topological polar surface area (TPSA) is 77.1 Å². The summed E-state index contributed by atoms with van der Waals surface area (Å²) in [7, 11) is 1.71. The van der Waals surface area contributed by atoms with E-state index in [1.807, 2.05) is 13.0 Å². The molecule has 1 saturated heterocycles. The quantitative estimate of drug-likeness (QED) is 0.819. The Hall–Kier alpha value is -2.72. The van der Waals surface area contributed by atoms with E-state index < -0.39 is 11.7 Å². The van der Waals surface area contributed by atoms with Gasteiger partial charge >= 0.3 is 6.09 Å². The maximum atomic E-state index is 12.0. The Bertz CT molecular complexity index is 746. The van der Waals surface area contributed by atoms with Gasteiger partial charge in [-0.3, -0.25) is 4.79 Å². The van der Waals surface area contributed by atoms with Crippen LogP contribution in [0.3, 0.4) is 0 Å². The highest BCUT2D eigenvalue weighted by Crippen LogP contribution is 2.31. The Morgan fingerprint density at radius 3 is 2.92 bits per heavy atom. The average molecular weight is 344 g/mol. The predicted molar refractivity (Wildman–Crippen MR) is 90.5 cm³/mol. The summed E-state index contributed by atoms with van der Waals surface area (Å²) in [5, 5.41) is 2.58. The van der Waals surface area contributed by atoms with E-state index in [1.54, 1.807) is 24.1 Å². The SMILES string of the molecule is CCNC(=O)OC1(C#Cc2ccc3c(c2)N(C)C(=O)CCO3)COC1. The third-order valence-electron chi connectivity index (χ3n) is 3.98. The molecule has 0 radical (unpaired) electrons. The van der Waals surface area contributed by atoms with Crippen LogP contribution in [0.15, 0.2) is 18.2 Å². The molecular formula is C18H20N2O5. The molecule has 0 aromatic heterocycles. The van der Waals surface area contributed by atoms with Crippen molar-refractivity contribution in [3.63, 3.8) is 0 Å². The van der Waals surface area contributed by atoms with Crippen LogP contribution in [0.4, 0.5) is 10.5 Å². The predicted octanol–water partition coefficient (Wildman–Crippen LogP) is 1.30. The maximum absolute atomic E-state index is 12.0. The van der Waals surface area contributed by atoms with Gasteiger partial charge in [-0.1, -0.05) is 5.92 Å². The zero-order chi connectivity index (χ0) is 17.9. The van der Waals surface area contributed by atoms with Crippen molar-refractivity contribution in [3.05, 3.63) is 23.8 Å². The highest BCUT2D eigenvalue weighted by atomic mass is 16.6. The number of carbonyl (C=O) groups is 2. The van der Waals surface area contributed by atoms with Gasteiger partial charge in [-0.2, -0.15) is 0 Å². The Labute approximate surface area is 146 Å². The van der Waals surface area contributed by atoms with Crippen molar-refractivity contribution in [1.29, 1.82) is 0 Å². The molecule has 0 spiro atoms. The van der Waals surface area contributed by atoms with Crippen molar-refractivity contribution >= 4 is 17.7 Å². The van der Waals surface area contributed by atoms with Crippen molar-refractivity contribution in [2.45, 2.75) is 18.9 Å². The number of carbonyl (C=O) groups excluding carboxylic acids is 2. The molecule has 0 atom stereocenters. The summed E-state index contributed by atoms with van der Waals surface area (Å²) in [4.78, 5) is 25.2. The minimum atomic E-state index is -0.926. The third kappa shape index (κ3) is 3.69. The minimum absolute atomic E-state index is 0.00714. The number of amides is 2. The smallest absolute Gasteiger partial charge is 0.408 e. The van der Waals surface area contributed by atoms with E-state index >= 15 is 0 Å². The first-order chi connectivity index (χ1) is 12.0. The monoisotopic (exact) mass is 344 g/mol. The molecule has 2 heterocycles. The second kappa shape index (κ2) is 7.03. The van der Waals surface area contributed by atoms with Crippen LogP contribution in [0.2, 0.25) is 0 Å². The van der Waals surface area contributed by atoms with Crippen LogP contribution in [0.1, 0.15) is 18.9 Å². The Morgan fingerprint density at radius 1 is 1.44 bits per heavy atom. The number of hydrogen-bond acceptors (Lipinski definition) is 5. The summed E-state index contributed by atoms with van der Waals surface area (Å²) >= 11 is 0. The molecule has 0 saturated carbocycles. The number of nitrogens with zero attached hydrogens (tertiary/aromatic N) is 1. The summed E-state index contributed by atoms with van der Waals surface area (Å²) in [5.74, 6) is 6.64. The molecule has 25 heavy (non-hydrogen) atoms. The second-order valence-corrected chi connectivity index (χ2v) is 5.89. The summed E-state index contributed by atoms with van der Waals surface area (Å²) < 4.78 is 16.1. The largest absolute Gasteiger partial charge is 0.491 e. The molecule has 2 amide bonds. The van der Waals surface area contributed by atoms with Gasteiger partial charge < -0.3 is 24.4 Å². The van der Waals surface area contributed by atoms with Crippen molar-refractivity contribution in [2.24, 2.45) is 0 Å². The summed E-state index contributed by atoms with van der Waals surface area (Å²) in [6.45, 7) is 3.13. The lowest BCUT2D eigenvalue weighted by atomic mass is 10.0. The number of anilines is 1. The highest BCUT2D eigenvalue weighted by Gasteiger charge is 2.41. The van der Waals surface area contributed by atoms with E-state index in [9.17, 15) is 9.59 Å². The van der Waals surface area contributed by atoms with Crippen LogP contribution in [0.25, 0.3) is 0 Å². The second-order valence-electron chi connectivity index (χ2n) is 5.89. The number of benzene rings is 1. The van der Waals surface area contributed by atoms with Crippen LogP contribution in [-0.2, 0) is 14.3 Å². The van der Waals surface area contributed by atoms with Gasteiger partial charge in [0.05, 0.1) is 18.7 Å². The Morgan fingerprint density at radius 2 is 2.24 bits per heavy atom. The fourth-order valence-electron chi connectivity index (χ4n) is 2.52. The van der Waals surface area contributed by atoms with Gasteiger partial charge in [0.25, 0.3) is 0 Å². The van der Waals surface area contributed by atoms with Crippen molar-refractivity contribution in [2.75, 3.05) is 38.3 Å². The third-order valence-corrected chi connectivity index (χ3v) is 3.98. The number of hydrogen-bond donors (Lipinski definition) is 1. The van der Waals surface area contributed by atoms with Gasteiger partial charge in [-0.25, -0.2) is 4.79 Å². The number of rotatable bonds is 2. The van der Waals surface area contributed by atoms with Gasteiger partial charge in [-0.15, -0.1) is 0 Å². The Balaban J connectivity index is 1.82. The average Bonchev–Trinajstić information content (AvgIpc) is 2.70. The summed E-state index contributed by atoms with van der Waals surface area (Å²) in [5.41, 5.74) is 0.456. The van der Waals surface area contributed by atoms with Gasteiger partial charge in [0.1, 0.15) is 19.0 Å². The van der Waals surface area contributed by atoms with Crippen LogP contribution in [0, 0.1) is 11.8 Å². The van der Waals surface area contributed by atoms with Crippen molar-refractivity contribution in [3.8, 4) is 17.6 Å². The molecule has 132 valence electrons. The van der Waals surface area contributed by atoms with E-state index in [0.717, 1.165) is 0 Å². The van der Waals surface area contributed by atoms with E-state index in [2.05, 4.69) is 17.2 Å². The first kappa shape index (κ1) is 17.1. The van der Waals surface area contributed by atoms with Crippen LogP contribution in [-0.4, -0.2) is 51.0 Å². The van der Waals surface area contributed by atoms with Gasteiger partial charge in [0.2, 0.25) is 11.5 Å². The number of nitrogens with one attached hydrogen (secondary N) is 1. The molecule has 3 rings (SSSR count). The molecule has 0 bridgehead atoms. The fraction of sp³-hybridized carbons (Fsp3) is 0.444. The zero-order valence-corrected chi connectivity index (χ0v) is 14.3. The zero-order valence-electron chi connectivity index (χ0n) is 14.3. The normalized spacial score (nSPS) is 17.8. The number of fused-ring (bicyclic) bond motifs is 1. The van der Waals surface area contributed by atoms with Gasteiger partial charge in [0.15, 0.2) is 0 Å². The molecule has 0 unspecified atom stereocenters. The van der Waals surface area contributed by atoms with Crippen LogP contribution >= 0.6 is 0 Å². The van der Waals surface area contributed by atoms with E-state index in [-0.39, 0.29) is 19.1 Å². The molecule has 7 heteroatoms. The minimum Gasteiger partial charge on any atom is -0.491 e. The molecule has 1 aromatic carbocycles. The van der Waals surface area contributed by atoms with Crippen molar-refractivity contribution < 1.29 is 23.8 Å². The fourth-order valence-corrected chi connectivity index (χ4v) is 2.52. The number of alkyl carbamates (subject to hydrolysis) is 1. The maximum Gasteiger partial charge on any atom is 0.408 e. The molecular weight excluding hydrogens is 324 g/mol. The number of ether oxygens (including phenoxy) is 3. The van der Waals surface area contributed by atoms with Crippen LogP contribution in [0.5, 0.6) is 5.75 Å². The molecule has 7 nitrogen and oxygen atoms in total. The van der Waals surface area contributed by atoms with E-state index in [4.69, 9.17) is 14.2 Å². The molecule has 2 aliphatic heterocycles. The molecule has 2 aliphatic rings. The standard InChI is InChI=1S/C18H20N2O5/c1-3-19-17(22)25-18(11-23-12-18)8-6-13-4-5-15-14(10-13)20(2)16(21)7-9-24-15/h4-5,10H,3,7,9,11-12H2,1-2H3,(H,19,22). The molecule has 1 aromatic rings. The van der Waals surface area contributed by atoms with E-state index in [0.29, 0.717) is 36.6 Å². The van der Waals surface area contributed by atoms with Gasteiger partial charge in [0, 0.05) is 19.2 Å². The highest BCUT2D eigenvalue weighted by molar-refractivity contribution is 5.95. The first-order valence-electron chi connectivity index (χ1n) is 8.14. The van der Waals surface area contributed by atoms with Crippen molar-refractivity contribution in [1.82, 2.24) is 5.32 Å². The van der Waals surface area contributed by atoms with Gasteiger partial charge in [-0.05, 0) is 31.0 Å².